The van der Waals surface area contributed by atoms with Crippen molar-refractivity contribution in [1.82, 2.24) is 0 Å². The Morgan fingerprint density at radius 1 is 0.900 bits per heavy atom. The van der Waals surface area contributed by atoms with Crippen molar-refractivity contribution < 1.29 is 68.2 Å². The van der Waals surface area contributed by atoms with Gasteiger partial charge in [0, 0.05) is 10.9 Å². The third-order valence-corrected chi connectivity index (χ3v) is 4.83. The van der Waals surface area contributed by atoms with Crippen LogP contribution in [-0.4, -0.2) is 7.11 Å². The molecule has 1 aromatic heterocycles. The van der Waals surface area contributed by atoms with Gasteiger partial charge in [-0.25, -0.2) is 0 Å². The van der Waals surface area contributed by atoms with Crippen molar-refractivity contribution in [3.05, 3.63) is 40.7 Å². The van der Waals surface area contributed by atoms with Crippen molar-refractivity contribution in [2.75, 3.05) is 7.11 Å². The fourth-order valence-corrected chi connectivity index (χ4v) is 3.43. The Kier molecular flexibility index (Phi) is 14.2. The molecule has 0 aliphatic carbocycles. The molecule has 1 atom stereocenters. The third kappa shape index (κ3) is 5.08. The number of para-hydroxylation sites is 1. The van der Waals surface area contributed by atoms with Crippen molar-refractivity contribution in [1.29, 1.82) is 0 Å². The van der Waals surface area contributed by atoms with E-state index in [1.807, 2.05) is 12.1 Å². The third-order valence-electron chi connectivity index (χ3n) is 3.19. The van der Waals surface area contributed by atoms with Crippen LogP contribution in [0, 0.1) is 20.8 Å². The normalized spacial score (nSPS) is 8.80. The van der Waals surface area contributed by atoms with Crippen LogP contribution in [0.3, 0.4) is 0 Å². The van der Waals surface area contributed by atoms with Gasteiger partial charge >= 0.3 is 26.2 Å². The summed E-state index contributed by atoms with van der Waals surface area (Å²) in [5.41, 5.74) is 4.11. The van der Waals surface area contributed by atoms with E-state index in [1.54, 1.807) is 7.11 Å². The molecule has 2 aromatic rings. The first-order chi connectivity index (χ1) is 7.65. The second-order valence-corrected chi connectivity index (χ2v) is 5.58. The maximum Gasteiger partial charge on any atom is 3.00 e. The molecule has 20 heavy (non-hydrogen) atoms. The minimum absolute atomic E-state index is 0. The minimum atomic E-state index is 0. The molecule has 1 heterocycles. The van der Waals surface area contributed by atoms with E-state index in [0.29, 0.717) is 0 Å². The van der Waals surface area contributed by atoms with Gasteiger partial charge in [0.05, 0.1) is 7.11 Å². The number of halogens is 3. The summed E-state index contributed by atoms with van der Waals surface area (Å²) in [6.45, 7) is 6.64. The van der Waals surface area contributed by atoms with Gasteiger partial charge in [-0.2, -0.15) is 0 Å². The average Bonchev–Trinajstić information content (AvgIpc) is 2.57. The van der Waals surface area contributed by atoms with Gasteiger partial charge in [0.15, 0.2) is 0 Å². The quantitative estimate of drug-likeness (QED) is 0.466. The molecule has 0 saturated carbocycles. The Labute approximate surface area is 160 Å². The number of aryl methyl sites for hydroxylation is 1. The predicted octanol–water partition coefficient (Wildman–Crippen LogP) is -4.67. The van der Waals surface area contributed by atoms with E-state index >= 15 is 0 Å². The molecular weight excluding hydrogens is 413 g/mol. The van der Waals surface area contributed by atoms with Gasteiger partial charge in [-0.3, -0.25) is 0 Å². The second-order valence-electron chi connectivity index (χ2n) is 4.08. The number of benzene rings is 1. The fraction of sp³-hybridized carbons (Fsp3) is 0.286. The van der Waals surface area contributed by atoms with E-state index in [9.17, 15) is 0 Å². The number of hydrogen-bond donors (Lipinski definition) is 0. The molecule has 1 aromatic carbocycles. The van der Waals surface area contributed by atoms with E-state index in [-0.39, 0.29) is 63.4 Å². The summed E-state index contributed by atoms with van der Waals surface area (Å²) in [5.74, 6) is 0.979. The SMILES string of the molecule is COc1ccccc1-c1[pH]c(C)c(C)c1C.[Cl-].[Cl-].[Cl-].[Zr+3]. The number of methoxy groups -OCH3 is 1. The van der Waals surface area contributed by atoms with Crippen molar-refractivity contribution in [3.8, 4) is 16.6 Å². The molecule has 2 rings (SSSR count). The van der Waals surface area contributed by atoms with Crippen molar-refractivity contribution in [2.24, 2.45) is 0 Å². The molecular formula is C14H17Cl3OPZr. The summed E-state index contributed by atoms with van der Waals surface area (Å²) in [7, 11) is 2.53. The van der Waals surface area contributed by atoms with Crippen LogP contribution in [0.4, 0.5) is 0 Å². The molecule has 0 saturated heterocycles. The van der Waals surface area contributed by atoms with E-state index in [1.165, 1.54) is 27.3 Å². The second kappa shape index (κ2) is 11.2. The summed E-state index contributed by atoms with van der Waals surface area (Å²) in [5, 5.41) is 2.94. The first-order valence-electron chi connectivity index (χ1n) is 5.44. The molecule has 1 radical (unpaired) electrons. The Balaban J connectivity index is -0.000000722. The van der Waals surface area contributed by atoms with Gasteiger partial charge < -0.3 is 42.0 Å². The van der Waals surface area contributed by atoms with Gasteiger partial charge in [-0.1, -0.05) is 18.2 Å². The fourth-order valence-electron chi connectivity index (χ4n) is 1.96. The van der Waals surface area contributed by atoms with Gasteiger partial charge in [-0.05, 0) is 43.3 Å². The Morgan fingerprint density at radius 2 is 1.45 bits per heavy atom. The number of ether oxygens (including phenoxy) is 1. The van der Waals surface area contributed by atoms with Crippen molar-refractivity contribution in [2.45, 2.75) is 20.8 Å². The summed E-state index contributed by atoms with van der Waals surface area (Å²) in [6.07, 6.45) is 0. The predicted molar refractivity (Wildman–Crippen MR) is 72.1 cm³/mol. The van der Waals surface area contributed by atoms with E-state index in [4.69, 9.17) is 4.74 Å². The number of rotatable bonds is 2. The molecule has 0 N–H and O–H groups in total. The van der Waals surface area contributed by atoms with E-state index in [2.05, 4.69) is 32.9 Å². The van der Waals surface area contributed by atoms with Gasteiger partial charge in [-0.15, -0.1) is 8.19 Å². The smallest absolute Gasteiger partial charge is 1.00 e. The molecule has 0 amide bonds. The first kappa shape index (κ1) is 25.5. The topological polar surface area (TPSA) is 9.23 Å². The molecule has 0 aliphatic rings. The van der Waals surface area contributed by atoms with Crippen LogP contribution >= 0.6 is 8.19 Å². The van der Waals surface area contributed by atoms with Crippen LogP contribution in [0.25, 0.3) is 10.9 Å². The van der Waals surface area contributed by atoms with Crippen LogP contribution in [0.5, 0.6) is 5.75 Å². The number of hydrogen-bond acceptors (Lipinski definition) is 1. The zero-order valence-corrected chi connectivity index (χ0v) is 17.6. The van der Waals surface area contributed by atoms with E-state index < -0.39 is 0 Å². The zero-order chi connectivity index (χ0) is 11.7. The monoisotopic (exact) mass is 427 g/mol. The molecule has 109 valence electrons. The summed E-state index contributed by atoms with van der Waals surface area (Å²) < 4.78 is 5.43. The standard InChI is InChI=1S/C14H17OP.3ClH.Zr/c1-9-10(2)14(16-11(9)3)12-7-5-6-8-13(12)15-4;;;;/h5-8,16H,1-4H3;3*1H;/q;;;;+3/p-3. The zero-order valence-electron chi connectivity index (χ0n) is 11.9. The molecule has 6 heteroatoms. The molecule has 1 nitrogen and oxygen atoms in total. The molecule has 1 unspecified atom stereocenters. The van der Waals surface area contributed by atoms with Crippen LogP contribution in [0.15, 0.2) is 24.3 Å². The maximum absolute atomic E-state index is 5.43. The largest absolute Gasteiger partial charge is 3.00 e. The van der Waals surface area contributed by atoms with Crippen LogP contribution in [0.2, 0.25) is 0 Å². The maximum atomic E-state index is 5.43. The van der Waals surface area contributed by atoms with Gasteiger partial charge in [0.25, 0.3) is 0 Å². The Bertz CT molecular complexity index is 529. The summed E-state index contributed by atoms with van der Waals surface area (Å²) in [6, 6.07) is 8.27. The summed E-state index contributed by atoms with van der Waals surface area (Å²) in [4.78, 5) is 0. The Hall–Kier alpha value is 0.553. The van der Waals surface area contributed by atoms with Crippen LogP contribution in [-0.2, 0) is 26.2 Å². The van der Waals surface area contributed by atoms with Crippen LogP contribution < -0.4 is 42.0 Å². The molecule has 0 spiro atoms. The Morgan fingerprint density at radius 3 is 1.90 bits per heavy atom. The summed E-state index contributed by atoms with van der Waals surface area (Å²) >= 11 is 0. The minimum Gasteiger partial charge on any atom is -1.00 e. The average molecular weight is 430 g/mol. The van der Waals surface area contributed by atoms with Gasteiger partial charge in [0.1, 0.15) is 5.75 Å². The first-order valence-corrected chi connectivity index (χ1v) is 6.44. The molecule has 0 fully saturated rings. The van der Waals surface area contributed by atoms with Gasteiger partial charge in [0.2, 0.25) is 0 Å². The van der Waals surface area contributed by atoms with Crippen LogP contribution in [0.1, 0.15) is 16.4 Å². The van der Waals surface area contributed by atoms with Crippen molar-refractivity contribution >= 4 is 8.19 Å². The van der Waals surface area contributed by atoms with Crippen molar-refractivity contribution in [3.63, 3.8) is 0 Å². The molecule has 0 aliphatic heterocycles. The van der Waals surface area contributed by atoms with E-state index in [0.717, 1.165) is 13.9 Å². The molecule has 0 bridgehead atoms.